The zero-order valence-electron chi connectivity index (χ0n) is 12.5. The van der Waals surface area contributed by atoms with Crippen molar-refractivity contribution in [2.45, 2.75) is 39.1 Å². The van der Waals surface area contributed by atoms with Gasteiger partial charge in [-0.05, 0) is 58.7 Å². The van der Waals surface area contributed by atoms with Crippen LogP contribution in [-0.4, -0.2) is 48.2 Å². The van der Waals surface area contributed by atoms with Crippen molar-refractivity contribution in [2.24, 2.45) is 0 Å². The van der Waals surface area contributed by atoms with Crippen LogP contribution >= 0.6 is 43.2 Å². The van der Waals surface area contributed by atoms with Crippen LogP contribution in [-0.2, 0) is 14.3 Å². The molecule has 0 aliphatic carbocycles. The van der Waals surface area contributed by atoms with E-state index < -0.39 is 12.1 Å². The molecular weight excluding hydrogens is 438 g/mol. The summed E-state index contributed by atoms with van der Waals surface area (Å²) in [5, 5.41) is 0. The van der Waals surface area contributed by atoms with Gasteiger partial charge in [-0.3, -0.25) is 4.79 Å². The minimum atomic E-state index is -0.815. The third kappa shape index (κ3) is 4.31. The number of rotatable bonds is 3. The van der Waals surface area contributed by atoms with E-state index in [9.17, 15) is 9.59 Å². The minimum Gasteiger partial charge on any atom is -0.448 e. The first kappa shape index (κ1) is 17.9. The summed E-state index contributed by atoms with van der Waals surface area (Å²) in [6.07, 6.45) is -0.843. The first-order valence-electron chi connectivity index (χ1n) is 6.88. The molecule has 8 heteroatoms. The molecule has 3 atom stereocenters. The van der Waals surface area contributed by atoms with E-state index in [0.29, 0.717) is 18.0 Å². The maximum Gasteiger partial charge on any atom is 0.349 e. The third-order valence-corrected chi connectivity index (χ3v) is 6.45. The fraction of sp³-hybridized carbons (Fsp3) is 0.571. The van der Waals surface area contributed by atoms with Gasteiger partial charge in [0, 0.05) is 17.6 Å². The molecule has 1 amide bonds. The summed E-state index contributed by atoms with van der Waals surface area (Å²) < 4.78 is 12.5. The number of esters is 1. The number of carbonyl (C=O) groups is 2. The second kappa shape index (κ2) is 7.42. The lowest BCUT2D eigenvalue weighted by Gasteiger charge is -2.36. The van der Waals surface area contributed by atoms with E-state index in [1.807, 2.05) is 13.8 Å². The van der Waals surface area contributed by atoms with E-state index in [2.05, 4.69) is 31.9 Å². The second-order valence-corrected chi connectivity index (χ2v) is 8.50. The summed E-state index contributed by atoms with van der Waals surface area (Å²) in [6, 6.07) is 1.67. The molecular formula is C14H17Br2NO4S. The Morgan fingerprint density at radius 2 is 1.95 bits per heavy atom. The van der Waals surface area contributed by atoms with E-state index in [0.717, 1.165) is 8.26 Å². The first-order chi connectivity index (χ1) is 10.3. The molecule has 3 unspecified atom stereocenters. The van der Waals surface area contributed by atoms with Gasteiger partial charge in [-0.25, -0.2) is 4.79 Å². The zero-order valence-corrected chi connectivity index (χ0v) is 16.5. The molecule has 0 bridgehead atoms. The number of halogens is 2. The van der Waals surface area contributed by atoms with Crippen LogP contribution in [0.2, 0.25) is 0 Å². The second-order valence-electron chi connectivity index (χ2n) is 5.28. The van der Waals surface area contributed by atoms with Crippen LogP contribution in [0.25, 0.3) is 0 Å². The molecule has 1 aliphatic heterocycles. The Kier molecular flexibility index (Phi) is 6.04. The highest BCUT2D eigenvalue weighted by molar-refractivity contribution is 9.13. The predicted octanol–water partition coefficient (Wildman–Crippen LogP) is 3.45. The molecule has 22 heavy (non-hydrogen) atoms. The standard InChI is InChI=1S/C14H17Br2NO4S/c1-7-5-17(6-8(2)20-7)13(18)9(3)21-14(19)11-4-10(15)12(16)22-11/h4,7-9H,5-6H2,1-3H3. The number of morpholine rings is 1. The Hall–Kier alpha value is -0.440. The van der Waals surface area contributed by atoms with Crippen molar-refractivity contribution in [3.8, 4) is 0 Å². The van der Waals surface area contributed by atoms with Crippen molar-refractivity contribution >= 4 is 55.1 Å². The summed E-state index contributed by atoms with van der Waals surface area (Å²) in [5.74, 6) is -0.684. The molecule has 1 aromatic heterocycles. The van der Waals surface area contributed by atoms with Crippen LogP contribution in [0.15, 0.2) is 14.3 Å². The van der Waals surface area contributed by atoms with Crippen LogP contribution in [0.4, 0.5) is 0 Å². The maximum absolute atomic E-state index is 12.4. The van der Waals surface area contributed by atoms with Crippen molar-refractivity contribution in [1.29, 1.82) is 0 Å². The number of thiophene rings is 1. The van der Waals surface area contributed by atoms with Crippen molar-refractivity contribution in [3.05, 3.63) is 19.2 Å². The lowest BCUT2D eigenvalue weighted by Crippen LogP contribution is -2.51. The Morgan fingerprint density at radius 3 is 2.45 bits per heavy atom. The largest absolute Gasteiger partial charge is 0.448 e. The molecule has 0 saturated carbocycles. The van der Waals surface area contributed by atoms with Gasteiger partial charge in [0.05, 0.1) is 16.0 Å². The summed E-state index contributed by atoms with van der Waals surface area (Å²) in [4.78, 5) is 26.6. The molecule has 122 valence electrons. The molecule has 1 aromatic rings. The molecule has 1 aliphatic rings. The van der Waals surface area contributed by atoms with Crippen molar-refractivity contribution in [3.63, 3.8) is 0 Å². The molecule has 0 radical (unpaired) electrons. The predicted molar refractivity (Wildman–Crippen MR) is 91.2 cm³/mol. The highest BCUT2D eigenvalue weighted by Gasteiger charge is 2.30. The van der Waals surface area contributed by atoms with Gasteiger partial charge in [0.1, 0.15) is 4.88 Å². The summed E-state index contributed by atoms with van der Waals surface area (Å²) in [7, 11) is 0. The quantitative estimate of drug-likeness (QED) is 0.656. The van der Waals surface area contributed by atoms with E-state index in [1.165, 1.54) is 11.3 Å². The van der Waals surface area contributed by atoms with E-state index in [-0.39, 0.29) is 18.1 Å². The number of hydrogen-bond donors (Lipinski definition) is 0. The lowest BCUT2D eigenvalue weighted by atomic mass is 10.2. The number of carbonyl (C=O) groups excluding carboxylic acids is 2. The van der Waals surface area contributed by atoms with Crippen molar-refractivity contribution in [1.82, 2.24) is 4.90 Å². The van der Waals surface area contributed by atoms with Crippen LogP contribution in [0, 0.1) is 0 Å². The van der Waals surface area contributed by atoms with Crippen LogP contribution < -0.4 is 0 Å². The van der Waals surface area contributed by atoms with Crippen LogP contribution in [0.5, 0.6) is 0 Å². The molecule has 2 heterocycles. The smallest absolute Gasteiger partial charge is 0.349 e. The fourth-order valence-electron chi connectivity index (χ4n) is 2.33. The van der Waals surface area contributed by atoms with E-state index in [1.54, 1.807) is 17.9 Å². The summed E-state index contributed by atoms with van der Waals surface area (Å²) in [6.45, 7) is 6.48. The normalized spacial score (nSPS) is 23.2. The summed E-state index contributed by atoms with van der Waals surface area (Å²) in [5.41, 5.74) is 0. The van der Waals surface area contributed by atoms with Gasteiger partial charge in [-0.1, -0.05) is 0 Å². The molecule has 5 nitrogen and oxygen atoms in total. The van der Waals surface area contributed by atoms with Gasteiger partial charge in [0.25, 0.3) is 5.91 Å². The Balaban J connectivity index is 1.97. The maximum atomic E-state index is 12.4. The number of amides is 1. The van der Waals surface area contributed by atoms with Gasteiger partial charge in [-0.15, -0.1) is 11.3 Å². The molecule has 0 aromatic carbocycles. The third-order valence-electron chi connectivity index (χ3n) is 3.21. The molecule has 2 rings (SSSR count). The molecule has 1 saturated heterocycles. The zero-order chi connectivity index (χ0) is 16.4. The van der Waals surface area contributed by atoms with Gasteiger partial charge in [-0.2, -0.15) is 0 Å². The van der Waals surface area contributed by atoms with Crippen LogP contribution in [0.1, 0.15) is 30.4 Å². The van der Waals surface area contributed by atoms with E-state index in [4.69, 9.17) is 9.47 Å². The highest BCUT2D eigenvalue weighted by atomic mass is 79.9. The number of hydrogen-bond acceptors (Lipinski definition) is 5. The van der Waals surface area contributed by atoms with Gasteiger partial charge in [0.15, 0.2) is 6.10 Å². The summed E-state index contributed by atoms with van der Waals surface area (Å²) >= 11 is 7.91. The Labute approximate surface area is 150 Å². The number of ether oxygens (including phenoxy) is 2. The minimum absolute atomic E-state index is 0.0141. The van der Waals surface area contributed by atoms with Crippen molar-refractivity contribution in [2.75, 3.05) is 13.1 Å². The highest BCUT2D eigenvalue weighted by Crippen LogP contribution is 2.32. The lowest BCUT2D eigenvalue weighted by molar-refractivity contribution is -0.151. The number of nitrogens with zero attached hydrogens (tertiary/aromatic N) is 1. The van der Waals surface area contributed by atoms with Crippen molar-refractivity contribution < 1.29 is 19.1 Å². The van der Waals surface area contributed by atoms with Crippen LogP contribution in [0.3, 0.4) is 0 Å². The van der Waals surface area contributed by atoms with Gasteiger partial charge in [0.2, 0.25) is 0 Å². The molecule has 1 fully saturated rings. The van der Waals surface area contributed by atoms with E-state index >= 15 is 0 Å². The van der Waals surface area contributed by atoms with Gasteiger partial charge < -0.3 is 14.4 Å². The van der Waals surface area contributed by atoms with Gasteiger partial charge >= 0.3 is 5.97 Å². The average molecular weight is 455 g/mol. The topological polar surface area (TPSA) is 55.8 Å². The molecule has 0 N–H and O–H groups in total. The monoisotopic (exact) mass is 453 g/mol. The first-order valence-corrected chi connectivity index (χ1v) is 9.28. The fourth-order valence-corrected chi connectivity index (χ4v) is 4.25. The SMILES string of the molecule is CC1CN(C(=O)C(C)OC(=O)c2cc(Br)c(Br)s2)CC(C)O1. The Bertz CT molecular complexity index is 548. The average Bonchev–Trinajstić information content (AvgIpc) is 2.76. The molecule has 0 spiro atoms. The Morgan fingerprint density at radius 1 is 1.36 bits per heavy atom.